The molecule has 1 unspecified atom stereocenters. The number of thiophene rings is 1. The minimum Gasteiger partial charge on any atom is -0.493 e. The van der Waals surface area contributed by atoms with E-state index >= 15 is 0 Å². The molecule has 2 aromatic heterocycles. The van der Waals surface area contributed by atoms with Crippen molar-refractivity contribution in [3.63, 3.8) is 0 Å². The van der Waals surface area contributed by atoms with Crippen molar-refractivity contribution >= 4 is 46.2 Å². The van der Waals surface area contributed by atoms with Gasteiger partial charge in [-0.1, -0.05) is 29.3 Å². The van der Waals surface area contributed by atoms with E-state index in [1.54, 1.807) is 6.07 Å². The van der Waals surface area contributed by atoms with E-state index in [-0.39, 0.29) is 45.7 Å². The summed E-state index contributed by atoms with van der Waals surface area (Å²) in [4.78, 5) is 30.2. The maximum absolute atomic E-state index is 13.2. The van der Waals surface area contributed by atoms with E-state index in [2.05, 4.69) is 4.98 Å². The van der Waals surface area contributed by atoms with Gasteiger partial charge < -0.3 is 19.9 Å². The third-order valence-corrected chi connectivity index (χ3v) is 6.18. The third-order valence-electron chi connectivity index (χ3n) is 4.63. The van der Waals surface area contributed by atoms with Crippen molar-refractivity contribution in [2.24, 2.45) is 5.73 Å². The molecular weight excluding hydrogens is 475 g/mol. The summed E-state index contributed by atoms with van der Waals surface area (Å²) in [6.45, 7) is 0. The highest BCUT2D eigenvalue weighted by Gasteiger charge is 2.27. The van der Waals surface area contributed by atoms with Crippen LogP contribution in [0.1, 0.15) is 20.8 Å². The highest BCUT2D eigenvalue weighted by atomic mass is 35.5. The molecule has 0 saturated heterocycles. The Bertz CT molecular complexity index is 1100. The molecule has 0 bridgehead atoms. The van der Waals surface area contributed by atoms with E-state index in [4.69, 9.17) is 43.1 Å². The molecule has 0 saturated carbocycles. The second kappa shape index (κ2) is 10.7. The lowest BCUT2D eigenvalue weighted by Gasteiger charge is -2.21. The maximum atomic E-state index is 13.2. The Kier molecular flexibility index (Phi) is 7.95. The fourth-order valence-electron chi connectivity index (χ4n) is 3.05. The molecule has 1 aromatic carbocycles. The SMILES string of the molecule is COc1ccc(C(=O)Cc2c(Cl)cncc2Cl)c(OC(Cc2cccs2)C(N)=O)c1OC. The van der Waals surface area contributed by atoms with Gasteiger partial charge in [-0.3, -0.25) is 14.6 Å². The largest absolute Gasteiger partial charge is 0.493 e. The summed E-state index contributed by atoms with van der Waals surface area (Å²) < 4.78 is 16.8. The number of primary amides is 1. The van der Waals surface area contributed by atoms with Gasteiger partial charge in [-0.05, 0) is 23.6 Å². The first-order valence-electron chi connectivity index (χ1n) is 9.40. The Morgan fingerprint density at radius 3 is 2.38 bits per heavy atom. The smallest absolute Gasteiger partial charge is 0.258 e. The molecule has 3 rings (SSSR count). The van der Waals surface area contributed by atoms with Crippen LogP contribution in [-0.2, 0) is 17.6 Å². The van der Waals surface area contributed by atoms with Gasteiger partial charge >= 0.3 is 0 Å². The second-order valence-electron chi connectivity index (χ2n) is 6.65. The van der Waals surface area contributed by atoms with Gasteiger partial charge in [0, 0.05) is 35.7 Å². The molecule has 3 aromatic rings. The number of amides is 1. The Hall–Kier alpha value is -2.81. The van der Waals surface area contributed by atoms with Crippen LogP contribution >= 0.6 is 34.5 Å². The zero-order chi connectivity index (χ0) is 23.3. The highest BCUT2D eigenvalue weighted by Crippen LogP contribution is 2.41. The standard InChI is InChI=1S/C22H20Cl2N2O5S/c1-29-18-6-5-13(17(27)9-14-15(23)10-26-11-16(14)24)20(21(18)30-2)31-19(22(25)28)8-12-4-3-7-32-12/h3-7,10-11,19H,8-9H2,1-2H3,(H2,25,28). The minimum atomic E-state index is -1.03. The number of rotatable bonds is 10. The average Bonchev–Trinajstić information content (AvgIpc) is 3.28. The number of carbonyl (C=O) groups is 2. The number of nitrogens with two attached hydrogens (primary N) is 1. The molecule has 0 spiro atoms. The number of ether oxygens (including phenoxy) is 3. The summed E-state index contributed by atoms with van der Waals surface area (Å²) in [7, 11) is 2.87. The van der Waals surface area contributed by atoms with Crippen molar-refractivity contribution in [3.05, 3.63) is 68.1 Å². The first kappa shape index (κ1) is 23.8. The van der Waals surface area contributed by atoms with Crippen molar-refractivity contribution in [1.82, 2.24) is 4.98 Å². The van der Waals surface area contributed by atoms with Crippen LogP contribution in [0.25, 0.3) is 0 Å². The Morgan fingerprint density at radius 2 is 1.81 bits per heavy atom. The molecule has 10 heteroatoms. The lowest BCUT2D eigenvalue weighted by molar-refractivity contribution is -0.124. The number of halogens is 2. The lowest BCUT2D eigenvalue weighted by Crippen LogP contribution is -2.36. The van der Waals surface area contributed by atoms with Crippen LogP contribution in [-0.4, -0.2) is 37.0 Å². The van der Waals surface area contributed by atoms with Crippen LogP contribution in [0.15, 0.2) is 42.0 Å². The van der Waals surface area contributed by atoms with E-state index < -0.39 is 12.0 Å². The van der Waals surface area contributed by atoms with Crippen LogP contribution in [0.2, 0.25) is 10.0 Å². The molecular formula is C22H20Cl2N2O5S. The molecule has 2 N–H and O–H groups in total. The average molecular weight is 495 g/mol. The molecule has 0 aliphatic rings. The Morgan fingerprint density at radius 1 is 1.09 bits per heavy atom. The van der Waals surface area contributed by atoms with Crippen LogP contribution < -0.4 is 19.9 Å². The van der Waals surface area contributed by atoms with Crippen LogP contribution in [0.3, 0.4) is 0 Å². The molecule has 32 heavy (non-hydrogen) atoms. The summed E-state index contributed by atoms with van der Waals surface area (Å²) in [6, 6.07) is 6.84. The first-order chi connectivity index (χ1) is 15.3. The van der Waals surface area contributed by atoms with Gasteiger partial charge in [-0.25, -0.2) is 0 Å². The fourth-order valence-corrected chi connectivity index (χ4v) is 4.29. The molecule has 1 atom stereocenters. The minimum absolute atomic E-state index is 0.0542. The van der Waals surface area contributed by atoms with E-state index in [1.165, 1.54) is 44.0 Å². The van der Waals surface area contributed by atoms with E-state index in [1.807, 2.05) is 17.5 Å². The second-order valence-corrected chi connectivity index (χ2v) is 8.50. The number of ketones is 1. The van der Waals surface area contributed by atoms with Crippen LogP contribution in [0, 0.1) is 0 Å². The highest BCUT2D eigenvalue weighted by molar-refractivity contribution is 7.09. The van der Waals surface area contributed by atoms with Gasteiger partial charge in [-0.2, -0.15) is 0 Å². The Balaban J connectivity index is 2.02. The predicted molar refractivity (Wildman–Crippen MR) is 123 cm³/mol. The number of benzene rings is 1. The molecule has 0 fully saturated rings. The molecule has 168 valence electrons. The number of nitrogens with zero attached hydrogens (tertiary/aromatic N) is 1. The van der Waals surface area contributed by atoms with Gasteiger partial charge in [0.15, 0.2) is 23.4 Å². The zero-order valence-corrected chi connectivity index (χ0v) is 19.6. The van der Waals surface area contributed by atoms with E-state index in [0.29, 0.717) is 11.3 Å². The third kappa shape index (κ3) is 5.32. The molecule has 0 aliphatic carbocycles. The number of hydrogen-bond acceptors (Lipinski definition) is 7. The topological polar surface area (TPSA) is 101 Å². The Labute approximate surface area is 199 Å². The summed E-state index contributed by atoms with van der Waals surface area (Å²) in [5.41, 5.74) is 6.19. The summed E-state index contributed by atoms with van der Waals surface area (Å²) in [6.07, 6.45) is 1.91. The van der Waals surface area contributed by atoms with Crippen molar-refractivity contribution in [2.45, 2.75) is 18.9 Å². The molecule has 0 aliphatic heterocycles. The number of pyridine rings is 1. The number of hydrogen-bond donors (Lipinski definition) is 1. The normalized spacial score (nSPS) is 11.6. The summed E-state index contributed by atoms with van der Waals surface area (Å²) >= 11 is 13.8. The number of aromatic nitrogens is 1. The zero-order valence-electron chi connectivity index (χ0n) is 17.3. The van der Waals surface area contributed by atoms with Gasteiger partial charge in [-0.15, -0.1) is 11.3 Å². The fraction of sp³-hybridized carbons (Fsp3) is 0.227. The van der Waals surface area contributed by atoms with Crippen molar-refractivity contribution < 1.29 is 23.8 Å². The number of carbonyl (C=O) groups excluding carboxylic acids is 2. The number of methoxy groups -OCH3 is 2. The van der Waals surface area contributed by atoms with Crippen LogP contribution in [0.5, 0.6) is 17.2 Å². The monoisotopic (exact) mass is 494 g/mol. The van der Waals surface area contributed by atoms with Gasteiger partial charge in [0.05, 0.1) is 29.8 Å². The van der Waals surface area contributed by atoms with Gasteiger partial charge in [0.25, 0.3) is 5.91 Å². The number of Topliss-reactive ketones (excluding diaryl/α,β-unsaturated/α-hetero) is 1. The molecule has 2 heterocycles. The van der Waals surface area contributed by atoms with Gasteiger partial charge in [0.1, 0.15) is 0 Å². The van der Waals surface area contributed by atoms with Crippen LogP contribution in [0.4, 0.5) is 0 Å². The van der Waals surface area contributed by atoms with Crippen molar-refractivity contribution in [2.75, 3.05) is 14.2 Å². The first-order valence-corrected chi connectivity index (χ1v) is 11.0. The van der Waals surface area contributed by atoms with Crippen molar-refractivity contribution in [3.8, 4) is 17.2 Å². The quantitative estimate of drug-likeness (QED) is 0.420. The molecule has 7 nitrogen and oxygen atoms in total. The summed E-state index contributed by atoms with van der Waals surface area (Å²) in [5.74, 6) is -0.475. The summed E-state index contributed by atoms with van der Waals surface area (Å²) in [5, 5.41) is 2.42. The lowest BCUT2D eigenvalue weighted by atomic mass is 10.0. The van der Waals surface area contributed by atoms with E-state index in [9.17, 15) is 9.59 Å². The predicted octanol–water partition coefficient (Wildman–Crippen LogP) is 4.37. The maximum Gasteiger partial charge on any atom is 0.258 e. The molecule has 1 amide bonds. The van der Waals surface area contributed by atoms with E-state index in [0.717, 1.165) is 4.88 Å². The molecule has 0 radical (unpaired) electrons. The van der Waals surface area contributed by atoms with Crippen molar-refractivity contribution in [1.29, 1.82) is 0 Å². The van der Waals surface area contributed by atoms with Gasteiger partial charge in [0.2, 0.25) is 5.75 Å².